The predicted molar refractivity (Wildman–Crippen MR) is 61.1 cm³/mol. The van der Waals surface area contributed by atoms with Crippen molar-refractivity contribution in [3.63, 3.8) is 0 Å². The van der Waals surface area contributed by atoms with Crippen molar-refractivity contribution < 1.29 is 4.92 Å². The fraction of sp³-hybridized carbons (Fsp3) is 0.500. The zero-order valence-corrected chi connectivity index (χ0v) is 9.52. The number of anilines is 1. The number of aromatic nitrogens is 2. The summed E-state index contributed by atoms with van der Waals surface area (Å²) in [6.45, 7) is 3.61. The van der Waals surface area contributed by atoms with Crippen LogP contribution in [-0.4, -0.2) is 20.5 Å². The van der Waals surface area contributed by atoms with Crippen LogP contribution in [0.25, 0.3) is 0 Å². The molecule has 1 N–H and O–H groups in total. The molecule has 0 spiro atoms. The van der Waals surface area contributed by atoms with Gasteiger partial charge in [-0.2, -0.15) is 0 Å². The predicted octanol–water partition coefficient (Wildman–Crippen LogP) is 1.46. The van der Waals surface area contributed by atoms with Gasteiger partial charge in [-0.05, 0) is 16.3 Å². The fourth-order valence-electron chi connectivity index (χ4n) is 1.31. The van der Waals surface area contributed by atoms with Crippen molar-refractivity contribution in [3.05, 3.63) is 15.9 Å². The molecule has 0 saturated carbocycles. The molecule has 0 amide bonds. The summed E-state index contributed by atoms with van der Waals surface area (Å²) in [5, 5.41) is 13.7. The van der Waals surface area contributed by atoms with E-state index < -0.39 is 4.92 Å². The molecule has 0 radical (unpaired) electrons. The minimum absolute atomic E-state index is 0.186. The van der Waals surface area contributed by atoms with Crippen molar-refractivity contribution in [2.45, 2.75) is 26.3 Å². The molecule has 1 unspecified atom stereocenters. The Labute approximate surface area is 93.8 Å². The second kappa shape index (κ2) is 4.66. The summed E-state index contributed by atoms with van der Waals surface area (Å²) in [6, 6.07) is -0.228. The van der Waals surface area contributed by atoms with Gasteiger partial charge in [0.2, 0.25) is 11.6 Å². The minimum atomic E-state index is -0.515. The Hall–Kier alpha value is -2.03. The third-order valence-electron chi connectivity index (χ3n) is 2.39. The first-order valence-electron chi connectivity index (χ1n) is 4.91. The lowest BCUT2D eigenvalue weighted by Gasteiger charge is -2.11. The van der Waals surface area contributed by atoms with Crippen LogP contribution >= 0.6 is 0 Å². The third-order valence-corrected chi connectivity index (χ3v) is 2.39. The molecular weight excluding hydrogens is 208 g/mol. The summed E-state index contributed by atoms with van der Waals surface area (Å²) in [6.07, 6.45) is 5.99. The van der Waals surface area contributed by atoms with Gasteiger partial charge in [-0.25, -0.2) is 0 Å². The SMILES string of the molecule is C#CC(CC)Nc1c([N+](=O)[O-])nc(C)n1C. The number of nitrogens with zero attached hydrogens (tertiary/aromatic N) is 3. The first-order chi connectivity index (χ1) is 7.51. The van der Waals surface area contributed by atoms with Gasteiger partial charge in [0.05, 0.1) is 6.04 Å². The average molecular weight is 222 g/mol. The first kappa shape index (κ1) is 12.0. The van der Waals surface area contributed by atoms with E-state index in [1.165, 1.54) is 0 Å². The molecule has 0 aliphatic heterocycles. The van der Waals surface area contributed by atoms with Gasteiger partial charge in [-0.15, -0.1) is 6.42 Å². The van der Waals surface area contributed by atoms with Gasteiger partial charge in [0.15, 0.2) is 0 Å². The molecule has 1 rings (SSSR count). The molecule has 1 heterocycles. The highest BCUT2D eigenvalue weighted by atomic mass is 16.6. The average Bonchev–Trinajstić information content (AvgIpc) is 2.53. The number of rotatable bonds is 4. The normalized spacial score (nSPS) is 11.9. The van der Waals surface area contributed by atoms with Gasteiger partial charge < -0.3 is 15.4 Å². The lowest BCUT2D eigenvalue weighted by Crippen LogP contribution is -2.18. The lowest BCUT2D eigenvalue weighted by atomic mass is 10.2. The van der Waals surface area contributed by atoms with E-state index in [0.29, 0.717) is 18.1 Å². The lowest BCUT2D eigenvalue weighted by molar-refractivity contribution is -0.388. The van der Waals surface area contributed by atoms with E-state index >= 15 is 0 Å². The van der Waals surface area contributed by atoms with Crippen LogP contribution in [0, 0.1) is 29.4 Å². The Bertz CT molecular complexity index is 444. The molecule has 1 aromatic rings. The van der Waals surface area contributed by atoms with E-state index in [-0.39, 0.29) is 11.9 Å². The van der Waals surface area contributed by atoms with Gasteiger partial charge >= 0.3 is 5.82 Å². The summed E-state index contributed by atoms with van der Waals surface area (Å²) < 4.78 is 1.62. The monoisotopic (exact) mass is 222 g/mol. The van der Waals surface area contributed by atoms with Gasteiger partial charge in [0.1, 0.15) is 0 Å². The number of aryl methyl sites for hydroxylation is 1. The van der Waals surface area contributed by atoms with E-state index in [1.54, 1.807) is 18.5 Å². The number of terminal acetylenes is 1. The van der Waals surface area contributed by atoms with Gasteiger partial charge in [0, 0.05) is 14.0 Å². The maximum atomic E-state index is 10.8. The molecule has 0 fully saturated rings. The second-order valence-corrected chi connectivity index (χ2v) is 3.42. The van der Waals surface area contributed by atoms with Crippen LogP contribution in [0.1, 0.15) is 19.2 Å². The number of hydrogen-bond donors (Lipinski definition) is 1. The number of nitrogens with one attached hydrogen (secondary N) is 1. The zero-order valence-electron chi connectivity index (χ0n) is 9.52. The molecule has 6 heteroatoms. The maximum Gasteiger partial charge on any atom is 0.406 e. The van der Waals surface area contributed by atoms with Crippen molar-refractivity contribution >= 4 is 11.6 Å². The Morgan fingerprint density at radius 1 is 1.75 bits per heavy atom. The van der Waals surface area contributed by atoms with Crippen LogP contribution < -0.4 is 5.32 Å². The van der Waals surface area contributed by atoms with E-state index in [4.69, 9.17) is 6.42 Å². The summed E-state index contributed by atoms with van der Waals surface area (Å²) in [7, 11) is 1.71. The Kier molecular flexibility index (Phi) is 3.51. The summed E-state index contributed by atoms with van der Waals surface area (Å²) in [5.74, 6) is 3.27. The fourth-order valence-corrected chi connectivity index (χ4v) is 1.31. The van der Waals surface area contributed by atoms with E-state index in [0.717, 1.165) is 0 Å². The van der Waals surface area contributed by atoms with Crippen LogP contribution in [0.4, 0.5) is 11.6 Å². The molecule has 0 aliphatic rings. The molecule has 0 aromatic carbocycles. The van der Waals surface area contributed by atoms with Gasteiger partial charge in [0.25, 0.3) is 0 Å². The summed E-state index contributed by atoms with van der Waals surface area (Å²) in [5.41, 5.74) is 0. The van der Waals surface area contributed by atoms with Crippen molar-refractivity contribution in [1.82, 2.24) is 9.55 Å². The highest BCUT2D eigenvalue weighted by molar-refractivity contribution is 5.55. The minimum Gasteiger partial charge on any atom is -0.358 e. The molecular formula is C10H14N4O2. The Balaban J connectivity index is 3.12. The van der Waals surface area contributed by atoms with Crippen molar-refractivity contribution in [1.29, 1.82) is 0 Å². The van der Waals surface area contributed by atoms with Crippen LogP contribution in [0.3, 0.4) is 0 Å². The topological polar surface area (TPSA) is 73.0 Å². The number of imidazole rings is 1. The molecule has 16 heavy (non-hydrogen) atoms. The largest absolute Gasteiger partial charge is 0.406 e. The highest BCUT2D eigenvalue weighted by Crippen LogP contribution is 2.24. The molecule has 1 aromatic heterocycles. The molecule has 6 nitrogen and oxygen atoms in total. The van der Waals surface area contributed by atoms with Gasteiger partial charge in [-0.1, -0.05) is 12.8 Å². The quantitative estimate of drug-likeness (QED) is 0.475. The molecule has 0 aliphatic carbocycles. The van der Waals surface area contributed by atoms with Crippen LogP contribution in [0.5, 0.6) is 0 Å². The number of nitro groups is 1. The van der Waals surface area contributed by atoms with Crippen LogP contribution in [-0.2, 0) is 7.05 Å². The van der Waals surface area contributed by atoms with Gasteiger partial charge in [-0.3, -0.25) is 4.57 Å². The zero-order chi connectivity index (χ0) is 12.3. The molecule has 1 atom stereocenters. The van der Waals surface area contributed by atoms with Crippen LogP contribution in [0.2, 0.25) is 0 Å². The van der Waals surface area contributed by atoms with E-state index in [2.05, 4.69) is 16.2 Å². The summed E-state index contributed by atoms with van der Waals surface area (Å²) >= 11 is 0. The maximum absolute atomic E-state index is 10.8. The standard InChI is InChI=1S/C10H14N4O2/c1-5-8(6-2)12-9-10(14(15)16)11-7(3)13(9)4/h1,8,12H,6H2,2-4H3. The molecule has 0 bridgehead atoms. The van der Waals surface area contributed by atoms with E-state index in [9.17, 15) is 10.1 Å². The third kappa shape index (κ3) is 2.14. The van der Waals surface area contributed by atoms with Crippen molar-refractivity contribution in [2.24, 2.45) is 7.05 Å². The second-order valence-electron chi connectivity index (χ2n) is 3.42. The smallest absolute Gasteiger partial charge is 0.358 e. The first-order valence-corrected chi connectivity index (χ1v) is 4.91. The van der Waals surface area contributed by atoms with Crippen LogP contribution in [0.15, 0.2) is 0 Å². The van der Waals surface area contributed by atoms with Crippen molar-refractivity contribution in [3.8, 4) is 12.3 Å². The van der Waals surface area contributed by atoms with E-state index in [1.807, 2.05) is 6.92 Å². The Morgan fingerprint density at radius 2 is 2.38 bits per heavy atom. The Morgan fingerprint density at radius 3 is 2.81 bits per heavy atom. The molecule has 86 valence electrons. The van der Waals surface area contributed by atoms with Crippen molar-refractivity contribution in [2.75, 3.05) is 5.32 Å². The summed E-state index contributed by atoms with van der Waals surface area (Å²) in [4.78, 5) is 14.1. The number of hydrogen-bond acceptors (Lipinski definition) is 4. The highest BCUT2D eigenvalue weighted by Gasteiger charge is 2.24. The molecule has 0 saturated heterocycles.